The van der Waals surface area contributed by atoms with E-state index >= 15 is 0 Å². The van der Waals surface area contributed by atoms with Crippen LogP contribution < -0.4 is 4.74 Å². The Morgan fingerprint density at radius 1 is 1.00 bits per heavy atom. The highest BCUT2D eigenvalue weighted by atomic mass is 16.5. The van der Waals surface area contributed by atoms with Gasteiger partial charge < -0.3 is 9.84 Å². The number of esters is 1. The molecular formula is C17H18O3. The van der Waals surface area contributed by atoms with E-state index in [1.807, 2.05) is 31.2 Å². The number of aromatic hydroxyl groups is 1. The summed E-state index contributed by atoms with van der Waals surface area (Å²) in [6, 6.07) is 14.3. The van der Waals surface area contributed by atoms with Crippen LogP contribution in [0.15, 0.2) is 48.5 Å². The maximum Gasteiger partial charge on any atom is 0.311 e. The van der Waals surface area contributed by atoms with Crippen LogP contribution in [0.3, 0.4) is 0 Å². The van der Waals surface area contributed by atoms with Gasteiger partial charge in [0.05, 0.1) is 0 Å². The van der Waals surface area contributed by atoms with Crippen LogP contribution in [-0.2, 0) is 4.79 Å². The molecule has 20 heavy (non-hydrogen) atoms. The van der Waals surface area contributed by atoms with Gasteiger partial charge in [0.1, 0.15) is 11.5 Å². The first-order chi connectivity index (χ1) is 9.69. The minimum Gasteiger partial charge on any atom is -0.508 e. The van der Waals surface area contributed by atoms with Gasteiger partial charge in [-0.25, -0.2) is 0 Å². The van der Waals surface area contributed by atoms with Gasteiger partial charge in [0.15, 0.2) is 0 Å². The van der Waals surface area contributed by atoms with Crippen LogP contribution in [0.5, 0.6) is 11.5 Å². The molecule has 0 heterocycles. The van der Waals surface area contributed by atoms with Crippen molar-refractivity contribution < 1.29 is 14.6 Å². The lowest BCUT2D eigenvalue weighted by atomic mass is 10.1. The van der Waals surface area contributed by atoms with Gasteiger partial charge in [0.2, 0.25) is 0 Å². The summed E-state index contributed by atoms with van der Waals surface area (Å²) in [5.41, 5.74) is 2.02. The quantitative estimate of drug-likeness (QED) is 0.655. The third-order valence-electron chi connectivity index (χ3n) is 3.02. The van der Waals surface area contributed by atoms with Crippen molar-refractivity contribution in [3.63, 3.8) is 0 Å². The van der Waals surface area contributed by atoms with E-state index in [0.29, 0.717) is 12.2 Å². The Bertz CT molecular complexity index is 556. The SMILES string of the molecule is CCCCC(=O)Oc1ccc(-c2ccc(O)cc2)cc1. The first-order valence-electron chi connectivity index (χ1n) is 6.79. The molecule has 1 N–H and O–H groups in total. The van der Waals surface area contributed by atoms with E-state index in [1.165, 1.54) is 0 Å². The molecule has 0 bridgehead atoms. The van der Waals surface area contributed by atoms with E-state index in [0.717, 1.165) is 24.0 Å². The minimum absolute atomic E-state index is 0.191. The normalized spacial score (nSPS) is 10.2. The number of benzene rings is 2. The average Bonchev–Trinajstić information content (AvgIpc) is 2.47. The molecular weight excluding hydrogens is 252 g/mol. The maximum atomic E-state index is 11.5. The minimum atomic E-state index is -0.191. The summed E-state index contributed by atoms with van der Waals surface area (Å²) >= 11 is 0. The monoisotopic (exact) mass is 270 g/mol. The standard InChI is InChI=1S/C17H18O3/c1-2-3-4-17(19)20-16-11-7-14(8-12-16)13-5-9-15(18)10-6-13/h5-12,18H,2-4H2,1H3. The van der Waals surface area contributed by atoms with Gasteiger partial charge in [0, 0.05) is 6.42 Å². The smallest absolute Gasteiger partial charge is 0.311 e. The van der Waals surface area contributed by atoms with Crippen LogP contribution >= 0.6 is 0 Å². The number of unbranched alkanes of at least 4 members (excludes halogenated alkanes) is 1. The number of phenolic OH excluding ortho intramolecular Hbond substituents is 1. The van der Waals surface area contributed by atoms with Gasteiger partial charge in [0.25, 0.3) is 0 Å². The van der Waals surface area contributed by atoms with Crippen molar-refractivity contribution in [2.45, 2.75) is 26.2 Å². The number of carbonyl (C=O) groups excluding carboxylic acids is 1. The maximum absolute atomic E-state index is 11.5. The van der Waals surface area contributed by atoms with Crippen molar-refractivity contribution >= 4 is 5.97 Å². The largest absolute Gasteiger partial charge is 0.508 e. The van der Waals surface area contributed by atoms with Crippen LogP contribution in [0.4, 0.5) is 0 Å². The molecule has 3 nitrogen and oxygen atoms in total. The Labute approximate surface area is 118 Å². The van der Waals surface area contributed by atoms with Crippen molar-refractivity contribution in [2.24, 2.45) is 0 Å². The fourth-order valence-electron chi connectivity index (χ4n) is 1.87. The lowest BCUT2D eigenvalue weighted by Gasteiger charge is -2.06. The highest BCUT2D eigenvalue weighted by Gasteiger charge is 2.04. The Morgan fingerprint density at radius 2 is 1.55 bits per heavy atom. The van der Waals surface area contributed by atoms with Crippen molar-refractivity contribution in [3.05, 3.63) is 48.5 Å². The molecule has 2 rings (SSSR count). The molecule has 0 aliphatic carbocycles. The van der Waals surface area contributed by atoms with Crippen molar-refractivity contribution in [1.29, 1.82) is 0 Å². The van der Waals surface area contributed by atoms with Crippen LogP contribution in [0.2, 0.25) is 0 Å². The van der Waals surface area contributed by atoms with E-state index in [1.54, 1.807) is 24.3 Å². The van der Waals surface area contributed by atoms with Gasteiger partial charge in [-0.15, -0.1) is 0 Å². The zero-order chi connectivity index (χ0) is 14.4. The number of carbonyl (C=O) groups is 1. The molecule has 0 fully saturated rings. The number of ether oxygens (including phenoxy) is 1. The van der Waals surface area contributed by atoms with E-state index in [4.69, 9.17) is 4.74 Å². The Hall–Kier alpha value is -2.29. The molecule has 104 valence electrons. The zero-order valence-corrected chi connectivity index (χ0v) is 11.5. The second-order valence-corrected chi connectivity index (χ2v) is 4.65. The second-order valence-electron chi connectivity index (χ2n) is 4.65. The van der Waals surface area contributed by atoms with Gasteiger partial charge in [-0.2, -0.15) is 0 Å². The summed E-state index contributed by atoms with van der Waals surface area (Å²) in [5.74, 6) is 0.619. The molecule has 0 unspecified atom stereocenters. The molecule has 0 radical (unpaired) electrons. The lowest BCUT2D eigenvalue weighted by molar-refractivity contribution is -0.134. The predicted molar refractivity (Wildman–Crippen MR) is 78.7 cm³/mol. The van der Waals surface area contributed by atoms with E-state index in [2.05, 4.69) is 0 Å². The average molecular weight is 270 g/mol. The first-order valence-corrected chi connectivity index (χ1v) is 6.79. The number of hydrogen-bond donors (Lipinski definition) is 1. The number of hydrogen-bond acceptors (Lipinski definition) is 3. The Balaban J connectivity index is 2.02. The zero-order valence-electron chi connectivity index (χ0n) is 11.5. The topological polar surface area (TPSA) is 46.5 Å². The second kappa shape index (κ2) is 6.75. The third kappa shape index (κ3) is 3.85. The van der Waals surface area contributed by atoms with Gasteiger partial charge >= 0.3 is 5.97 Å². The first kappa shape index (κ1) is 14.1. The van der Waals surface area contributed by atoms with Crippen LogP contribution in [0, 0.1) is 0 Å². The van der Waals surface area contributed by atoms with Gasteiger partial charge in [-0.3, -0.25) is 4.79 Å². The predicted octanol–water partition coefficient (Wildman–Crippen LogP) is 4.15. The molecule has 2 aromatic carbocycles. The van der Waals surface area contributed by atoms with E-state index < -0.39 is 0 Å². The van der Waals surface area contributed by atoms with Crippen LogP contribution in [0.1, 0.15) is 26.2 Å². The van der Waals surface area contributed by atoms with Gasteiger partial charge in [-0.05, 0) is 41.8 Å². The fourth-order valence-corrected chi connectivity index (χ4v) is 1.87. The number of phenols is 1. The van der Waals surface area contributed by atoms with Crippen molar-refractivity contribution in [1.82, 2.24) is 0 Å². The van der Waals surface area contributed by atoms with Gasteiger partial charge in [-0.1, -0.05) is 37.6 Å². The van der Waals surface area contributed by atoms with E-state index in [9.17, 15) is 9.90 Å². The summed E-state index contributed by atoms with van der Waals surface area (Å²) in [4.78, 5) is 11.5. The summed E-state index contributed by atoms with van der Waals surface area (Å²) < 4.78 is 5.25. The summed E-state index contributed by atoms with van der Waals surface area (Å²) in [6.07, 6.45) is 2.29. The molecule has 0 aliphatic rings. The Morgan fingerprint density at radius 3 is 2.10 bits per heavy atom. The summed E-state index contributed by atoms with van der Waals surface area (Å²) in [7, 11) is 0. The highest BCUT2D eigenvalue weighted by molar-refractivity contribution is 5.73. The molecule has 0 saturated carbocycles. The molecule has 0 atom stereocenters. The fraction of sp³-hybridized carbons (Fsp3) is 0.235. The summed E-state index contributed by atoms with van der Waals surface area (Å²) in [5, 5.41) is 9.26. The molecule has 0 saturated heterocycles. The lowest BCUT2D eigenvalue weighted by Crippen LogP contribution is -2.07. The molecule has 0 aliphatic heterocycles. The highest BCUT2D eigenvalue weighted by Crippen LogP contribution is 2.24. The van der Waals surface area contributed by atoms with Crippen LogP contribution in [0.25, 0.3) is 11.1 Å². The van der Waals surface area contributed by atoms with Crippen LogP contribution in [-0.4, -0.2) is 11.1 Å². The Kier molecular flexibility index (Phi) is 4.77. The van der Waals surface area contributed by atoms with Crippen molar-refractivity contribution in [3.8, 4) is 22.6 Å². The van der Waals surface area contributed by atoms with Crippen molar-refractivity contribution in [2.75, 3.05) is 0 Å². The molecule has 0 aromatic heterocycles. The molecule has 0 amide bonds. The molecule has 2 aromatic rings. The van der Waals surface area contributed by atoms with E-state index in [-0.39, 0.29) is 11.7 Å². The summed E-state index contributed by atoms with van der Waals surface area (Å²) in [6.45, 7) is 2.04. The number of rotatable bonds is 5. The molecule has 0 spiro atoms. The third-order valence-corrected chi connectivity index (χ3v) is 3.02. The molecule has 3 heteroatoms.